The highest BCUT2D eigenvalue weighted by atomic mass is 35.5. The van der Waals surface area contributed by atoms with E-state index < -0.39 is 0 Å². The molecule has 1 unspecified atom stereocenters. The zero-order valence-corrected chi connectivity index (χ0v) is 16.1. The van der Waals surface area contributed by atoms with Crippen molar-refractivity contribution in [3.63, 3.8) is 0 Å². The number of fused-ring (bicyclic) bond motifs is 1. The third kappa shape index (κ3) is 4.05. The highest BCUT2D eigenvalue weighted by Crippen LogP contribution is 2.34. The number of rotatable bonds is 3. The fourth-order valence-electron chi connectivity index (χ4n) is 3.28. The van der Waals surface area contributed by atoms with Crippen LogP contribution in [0.4, 0.5) is 0 Å². The molecule has 0 spiro atoms. The van der Waals surface area contributed by atoms with E-state index >= 15 is 0 Å². The fraction of sp³-hybridized carbons (Fsp3) is 0.474. The Morgan fingerprint density at radius 2 is 2.00 bits per heavy atom. The Morgan fingerprint density at radius 3 is 2.68 bits per heavy atom. The van der Waals surface area contributed by atoms with Crippen molar-refractivity contribution >= 4 is 18.3 Å². The van der Waals surface area contributed by atoms with Crippen molar-refractivity contribution < 1.29 is 4.79 Å². The van der Waals surface area contributed by atoms with Gasteiger partial charge in [0.2, 0.25) is 0 Å². The van der Waals surface area contributed by atoms with E-state index in [-0.39, 0.29) is 29.8 Å². The quantitative estimate of drug-likeness (QED) is 0.784. The summed E-state index contributed by atoms with van der Waals surface area (Å²) in [6.45, 7) is 10.1. The molecular weight excluding hydrogens is 336 g/mol. The molecule has 1 aromatic heterocycles. The lowest BCUT2D eigenvalue weighted by Gasteiger charge is -2.33. The minimum absolute atomic E-state index is 0. The predicted molar refractivity (Wildman–Crippen MR) is 102 cm³/mol. The molecular formula is C19H27ClN4O. The van der Waals surface area contributed by atoms with E-state index in [2.05, 4.69) is 60.7 Å². The van der Waals surface area contributed by atoms with Crippen molar-refractivity contribution in [1.29, 1.82) is 0 Å². The van der Waals surface area contributed by atoms with Gasteiger partial charge in [0.1, 0.15) is 0 Å². The molecule has 3 N–H and O–H groups in total. The summed E-state index contributed by atoms with van der Waals surface area (Å²) in [7, 11) is 0. The lowest BCUT2D eigenvalue weighted by Crippen LogP contribution is -2.38. The average molecular weight is 363 g/mol. The Morgan fingerprint density at radius 1 is 1.28 bits per heavy atom. The number of halogens is 1. The van der Waals surface area contributed by atoms with E-state index in [4.69, 9.17) is 0 Å². The van der Waals surface area contributed by atoms with Crippen molar-refractivity contribution in [3.05, 3.63) is 52.3 Å². The molecule has 3 rings (SSSR count). The third-order valence-corrected chi connectivity index (χ3v) is 4.66. The standard InChI is InChI=1S/C19H26N4O.ClH/c1-12-7-5-6-8-13(12)17(19(2,3)4)21-18(24)16-14-11-20-10-9-15(14)22-23-16;/h5-8,17,20H,9-11H2,1-4H3,(H,21,24)(H,22,23);1H. The second kappa shape index (κ2) is 7.58. The largest absolute Gasteiger partial charge is 0.343 e. The van der Waals surface area contributed by atoms with Gasteiger partial charge in [-0.25, -0.2) is 0 Å². The molecule has 136 valence electrons. The summed E-state index contributed by atoms with van der Waals surface area (Å²) in [6.07, 6.45) is 0.885. The number of carbonyl (C=O) groups is 1. The number of aryl methyl sites for hydroxylation is 1. The van der Waals surface area contributed by atoms with E-state index in [9.17, 15) is 4.79 Å². The molecule has 2 heterocycles. The summed E-state index contributed by atoms with van der Waals surface area (Å²) in [5, 5.41) is 13.8. The van der Waals surface area contributed by atoms with Crippen LogP contribution in [-0.2, 0) is 13.0 Å². The lowest BCUT2D eigenvalue weighted by molar-refractivity contribution is 0.0895. The van der Waals surface area contributed by atoms with Gasteiger partial charge in [-0.2, -0.15) is 5.10 Å². The van der Waals surface area contributed by atoms with Gasteiger partial charge in [-0.05, 0) is 23.5 Å². The van der Waals surface area contributed by atoms with Crippen LogP contribution in [0, 0.1) is 12.3 Å². The second-order valence-electron chi connectivity index (χ2n) is 7.59. The van der Waals surface area contributed by atoms with Crippen molar-refractivity contribution in [1.82, 2.24) is 20.8 Å². The van der Waals surface area contributed by atoms with Gasteiger partial charge < -0.3 is 10.6 Å². The minimum atomic E-state index is -0.112. The zero-order valence-electron chi connectivity index (χ0n) is 15.3. The zero-order chi connectivity index (χ0) is 17.3. The van der Waals surface area contributed by atoms with Gasteiger partial charge in [0.25, 0.3) is 5.91 Å². The molecule has 0 aliphatic carbocycles. The minimum Gasteiger partial charge on any atom is -0.343 e. The van der Waals surface area contributed by atoms with Crippen molar-refractivity contribution in [2.75, 3.05) is 6.54 Å². The summed E-state index contributed by atoms with van der Waals surface area (Å²) >= 11 is 0. The SMILES string of the molecule is Cc1ccccc1C(NC(=O)c1n[nH]c2c1CNCC2)C(C)(C)C.Cl. The number of aromatic nitrogens is 2. The normalized spacial score (nSPS) is 15.0. The van der Waals surface area contributed by atoms with Crippen LogP contribution in [0.2, 0.25) is 0 Å². The van der Waals surface area contributed by atoms with E-state index in [0.29, 0.717) is 12.2 Å². The topological polar surface area (TPSA) is 69.8 Å². The first-order valence-electron chi connectivity index (χ1n) is 8.51. The summed E-state index contributed by atoms with van der Waals surface area (Å²) in [6, 6.07) is 8.15. The lowest BCUT2D eigenvalue weighted by atomic mass is 9.80. The summed E-state index contributed by atoms with van der Waals surface area (Å²) < 4.78 is 0. The van der Waals surface area contributed by atoms with E-state index in [1.807, 2.05) is 12.1 Å². The van der Waals surface area contributed by atoms with Gasteiger partial charge >= 0.3 is 0 Å². The molecule has 0 radical (unpaired) electrons. The molecule has 5 nitrogen and oxygen atoms in total. The van der Waals surface area contributed by atoms with Gasteiger partial charge in [-0.15, -0.1) is 12.4 Å². The number of benzene rings is 1. The van der Waals surface area contributed by atoms with Gasteiger partial charge in [0.15, 0.2) is 5.69 Å². The molecule has 0 saturated carbocycles. The molecule has 0 fully saturated rings. The number of amides is 1. The molecule has 1 aliphatic heterocycles. The molecule has 6 heteroatoms. The number of nitrogens with one attached hydrogen (secondary N) is 3. The molecule has 1 amide bonds. The van der Waals surface area contributed by atoms with E-state index in [1.165, 1.54) is 5.56 Å². The number of aromatic amines is 1. The summed E-state index contributed by atoms with van der Waals surface area (Å²) in [5.41, 5.74) is 4.82. The van der Waals surface area contributed by atoms with Crippen LogP contribution in [-0.4, -0.2) is 22.6 Å². The molecule has 25 heavy (non-hydrogen) atoms. The van der Waals surface area contributed by atoms with Crippen LogP contribution in [0.25, 0.3) is 0 Å². The number of hydrogen-bond acceptors (Lipinski definition) is 3. The van der Waals surface area contributed by atoms with E-state index in [1.54, 1.807) is 0 Å². The predicted octanol–water partition coefficient (Wildman–Crippen LogP) is 3.30. The van der Waals surface area contributed by atoms with Gasteiger partial charge in [0.05, 0.1) is 6.04 Å². The molecule has 1 aromatic carbocycles. The second-order valence-corrected chi connectivity index (χ2v) is 7.59. The monoisotopic (exact) mass is 362 g/mol. The number of carbonyl (C=O) groups excluding carboxylic acids is 1. The number of hydrogen-bond donors (Lipinski definition) is 3. The maximum absolute atomic E-state index is 12.9. The molecule has 1 atom stereocenters. The van der Waals surface area contributed by atoms with E-state index in [0.717, 1.165) is 29.8 Å². The highest BCUT2D eigenvalue weighted by Gasteiger charge is 2.31. The maximum atomic E-state index is 12.9. The van der Waals surface area contributed by atoms with Crippen molar-refractivity contribution in [3.8, 4) is 0 Å². The Bertz CT molecular complexity index is 748. The first-order valence-corrected chi connectivity index (χ1v) is 8.51. The van der Waals surface area contributed by atoms with Crippen LogP contribution in [0.3, 0.4) is 0 Å². The van der Waals surface area contributed by atoms with Crippen LogP contribution in [0.5, 0.6) is 0 Å². The number of H-pyrrole nitrogens is 1. The third-order valence-electron chi connectivity index (χ3n) is 4.66. The summed E-state index contributed by atoms with van der Waals surface area (Å²) in [5.74, 6) is -0.112. The molecule has 0 saturated heterocycles. The molecule has 2 aromatic rings. The smallest absolute Gasteiger partial charge is 0.272 e. The maximum Gasteiger partial charge on any atom is 0.272 e. The highest BCUT2D eigenvalue weighted by molar-refractivity contribution is 5.94. The first kappa shape index (κ1) is 19.5. The van der Waals surface area contributed by atoms with Gasteiger partial charge in [0, 0.05) is 30.8 Å². The Kier molecular flexibility index (Phi) is 5.91. The summed E-state index contributed by atoms with van der Waals surface area (Å²) in [4.78, 5) is 12.9. The van der Waals surface area contributed by atoms with Crippen LogP contribution < -0.4 is 10.6 Å². The van der Waals surface area contributed by atoms with Crippen molar-refractivity contribution in [2.45, 2.75) is 46.7 Å². The Balaban J connectivity index is 0.00000225. The van der Waals surface area contributed by atoms with Gasteiger partial charge in [-0.1, -0.05) is 45.0 Å². The Labute approximate surface area is 155 Å². The van der Waals surface area contributed by atoms with Gasteiger partial charge in [-0.3, -0.25) is 9.89 Å². The molecule has 0 bridgehead atoms. The fourth-order valence-corrected chi connectivity index (χ4v) is 3.28. The number of nitrogens with zero attached hydrogens (tertiary/aromatic N) is 1. The average Bonchev–Trinajstić information content (AvgIpc) is 2.96. The van der Waals surface area contributed by atoms with Crippen molar-refractivity contribution in [2.24, 2.45) is 5.41 Å². The van der Waals surface area contributed by atoms with Crippen LogP contribution >= 0.6 is 12.4 Å². The molecule has 1 aliphatic rings. The Hall–Kier alpha value is -1.85. The van der Waals surface area contributed by atoms with Crippen LogP contribution in [0.1, 0.15) is 59.7 Å². The first-order chi connectivity index (χ1) is 11.4. The van der Waals surface area contributed by atoms with Crippen LogP contribution in [0.15, 0.2) is 24.3 Å².